The van der Waals surface area contributed by atoms with Crippen molar-refractivity contribution in [1.82, 2.24) is 0 Å². The van der Waals surface area contributed by atoms with Gasteiger partial charge in [0.15, 0.2) is 0 Å². The fourth-order valence-corrected chi connectivity index (χ4v) is 0. The van der Waals surface area contributed by atoms with E-state index in [1.165, 1.54) is 6.42 Å². The lowest BCUT2D eigenvalue weighted by Crippen LogP contribution is -1.27. The van der Waals surface area contributed by atoms with E-state index >= 15 is 0 Å². The average Bonchev–Trinajstić information content (AvgIpc) is 1.46. The Kier molecular flexibility index (Phi) is 43.2. The molecule has 0 heterocycles. The first kappa shape index (κ1) is 9.13. The zero-order valence-corrected chi connectivity index (χ0v) is 7.05. The van der Waals surface area contributed by atoms with Gasteiger partial charge in [0.05, 0.1) is 9.39 Å². The molecule has 0 radical (unpaired) electrons. The SMILES string of the molecule is CCC.[SiH3]S. The summed E-state index contributed by atoms with van der Waals surface area (Å²) in [5, 5.41) is 0. The summed E-state index contributed by atoms with van der Waals surface area (Å²) in [6.07, 6.45) is 1.25. The summed E-state index contributed by atoms with van der Waals surface area (Å²) >= 11 is 3.67. The van der Waals surface area contributed by atoms with E-state index in [2.05, 4.69) is 25.9 Å². The third-order valence-corrected chi connectivity index (χ3v) is 0. The maximum atomic E-state index is 3.67. The van der Waals surface area contributed by atoms with Gasteiger partial charge in [-0.3, -0.25) is 0 Å². The number of hydrogen-bond acceptors (Lipinski definition) is 1. The Morgan fingerprint density at radius 3 is 1.40 bits per heavy atom. The summed E-state index contributed by atoms with van der Waals surface area (Å²) in [5.74, 6) is 0. The molecule has 0 saturated carbocycles. The molecule has 0 amide bonds. The molecule has 2 heteroatoms. The summed E-state index contributed by atoms with van der Waals surface area (Å²) in [6, 6.07) is 0. The van der Waals surface area contributed by atoms with Gasteiger partial charge in [0.1, 0.15) is 0 Å². The standard InChI is InChI=1S/C3H8.H4SSi/c1-3-2;1-2/h3H2,1-2H3;1H,2H3. The molecule has 0 aliphatic heterocycles. The van der Waals surface area contributed by atoms with Crippen LogP contribution < -0.4 is 0 Å². The van der Waals surface area contributed by atoms with Gasteiger partial charge in [-0.15, -0.1) is 0 Å². The second-order valence-electron chi connectivity index (χ2n) is 0.707. The number of rotatable bonds is 0. The molecular formula is C3H12SSi. The van der Waals surface area contributed by atoms with Crippen LogP contribution in [0.5, 0.6) is 0 Å². The van der Waals surface area contributed by atoms with Gasteiger partial charge in [-0.05, 0) is 0 Å². The Morgan fingerprint density at radius 1 is 1.40 bits per heavy atom. The summed E-state index contributed by atoms with van der Waals surface area (Å²) in [7, 11) is 1.00. The van der Waals surface area contributed by atoms with Crippen molar-refractivity contribution in [2.45, 2.75) is 20.3 Å². The lowest BCUT2D eigenvalue weighted by atomic mass is 10.6. The van der Waals surface area contributed by atoms with Gasteiger partial charge in [0.25, 0.3) is 0 Å². The van der Waals surface area contributed by atoms with Crippen molar-refractivity contribution in [2.24, 2.45) is 0 Å². The van der Waals surface area contributed by atoms with Crippen LogP contribution in [-0.4, -0.2) is 9.39 Å². The molecule has 5 heavy (non-hydrogen) atoms. The zero-order chi connectivity index (χ0) is 4.71. The topological polar surface area (TPSA) is 0 Å². The smallest absolute Gasteiger partial charge is 0.0652 e. The van der Waals surface area contributed by atoms with Crippen molar-refractivity contribution >= 4 is 21.5 Å². The van der Waals surface area contributed by atoms with E-state index in [-0.39, 0.29) is 0 Å². The Balaban J connectivity index is 0. The van der Waals surface area contributed by atoms with Crippen molar-refractivity contribution in [2.75, 3.05) is 0 Å². The zero-order valence-electron chi connectivity index (χ0n) is 4.15. The van der Waals surface area contributed by atoms with Crippen molar-refractivity contribution < 1.29 is 0 Å². The third-order valence-electron chi connectivity index (χ3n) is 0. The van der Waals surface area contributed by atoms with E-state index in [9.17, 15) is 0 Å². The highest BCUT2D eigenvalue weighted by Crippen LogP contribution is 1.56. The fraction of sp³-hybridized carbons (Fsp3) is 1.00. The van der Waals surface area contributed by atoms with Gasteiger partial charge in [-0.25, -0.2) is 12.1 Å². The van der Waals surface area contributed by atoms with E-state index < -0.39 is 0 Å². The normalized spacial score (nSPS) is 5.40. The second kappa shape index (κ2) is 23.7. The van der Waals surface area contributed by atoms with Crippen LogP contribution in [0.15, 0.2) is 0 Å². The summed E-state index contributed by atoms with van der Waals surface area (Å²) < 4.78 is 0. The van der Waals surface area contributed by atoms with E-state index in [1.54, 1.807) is 0 Å². The maximum absolute atomic E-state index is 3.67. The van der Waals surface area contributed by atoms with Crippen LogP contribution in [0.3, 0.4) is 0 Å². The highest BCUT2D eigenvalue weighted by molar-refractivity contribution is 8.03. The first-order valence-electron chi connectivity index (χ1n) is 1.86. The summed E-state index contributed by atoms with van der Waals surface area (Å²) in [4.78, 5) is 0. The summed E-state index contributed by atoms with van der Waals surface area (Å²) in [5.41, 5.74) is 0. The molecule has 0 saturated heterocycles. The van der Waals surface area contributed by atoms with Crippen molar-refractivity contribution in [3.05, 3.63) is 0 Å². The van der Waals surface area contributed by atoms with E-state index in [0.29, 0.717) is 0 Å². The van der Waals surface area contributed by atoms with Crippen LogP contribution in [0.1, 0.15) is 20.3 Å². The van der Waals surface area contributed by atoms with Gasteiger partial charge >= 0.3 is 0 Å². The molecule has 0 spiro atoms. The maximum Gasteiger partial charge on any atom is 0.0652 e. The molecule has 0 aromatic carbocycles. The minimum atomic E-state index is 1.00. The van der Waals surface area contributed by atoms with Crippen LogP contribution in [0, 0.1) is 0 Å². The minimum Gasteiger partial charge on any atom is -0.214 e. The molecule has 0 aromatic heterocycles. The first-order chi connectivity index (χ1) is 2.41. The predicted octanol–water partition coefficient (Wildman–Crippen LogP) is 0.613. The van der Waals surface area contributed by atoms with Crippen LogP contribution in [-0.2, 0) is 0 Å². The van der Waals surface area contributed by atoms with Crippen LogP contribution in [0.4, 0.5) is 0 Å². The first-order valence-corrected chi connectivity index (χ1v) is 5.44. The van der Waals surface area contributed by atoms with Crippen molar-refractivity contribution in [3.63, 3.8) is 0 Å². The monoisotopic (exact) mass is 108 g/mol. The van der Waals surface area contributed by atoms with Crippen molar-refractivity contribution in [1.29, 1.82) is 0 Å². The lowest BCUT2D eigenvalue weighted by Gasteiger charge is -1.48. The number of thiol groups is 1. The minimum absolute atomic E-state index is 1.00. The van der Waals surface area contributed by atoms with Gasteiger partial charge in [0, 0.05) is 0 Å². The van der Waals surface area contributed by atoms with Crippen LogP contribution in [0.2, 0.25) is 0 Å². The van der Waals surface area contributed by atoms with Gasteiger partial charge in [-0.2, -0.15) is 0 Å². The lowest BCUT2D eigenvalue weighted by molar-refractivity contribution is 1.09. The molecule has 0 N–H and O–H groups in total. The van der Waals surface area contributed by atoms with Crippen molar-refractivity contribution in [3.8, 4) is 0 Å². The molecule has 0 aromatic rings. The highest BCUT2D eigenvalue weighted by atomic mass is 32.3. The fourth-order valence-electron chi connectivity index (χ4n) is 0. The van der Waals surface area contributed by atoms with Gasteiger partial charge < -0.3 is 0 Å². The molecule has 0 fully saturated rings. The Morgan fingerprint density at radius 2 is 1.40 bits per heavy atom. The largest absolute Gasteiger partial charge is 0.214 e. The predicted molar refractivity (Wildman–Crippen MR) is 34.9 cm³/mol. The quantitative estimate of drug-likeness (QED) is 0.341. The van der Waals surface area contributed by atoms with Gasteiger partial charge in [0.2, 0.25) is 0 Å². The summed E-state index contributed by atoms with van der Waals surface area (Å²) in [6.45, 7) is 4.25. The molecular weight excluding hydrogens is 96.2 g/mol. The Labute approximate surface area is 42.4 Å². The molecule has 0 unspecified atom stereocenters. The van der Waals surface area contributed by atoms with E-state index in [1.807, 2.05) is 0 Å². The Bertz CT molecular complexity index is 6.85. The molecule has 0 rings (SSSR count). The van der Waals surface area contributed by atoms with E-state index in [4.69, 9.17) is 0 Å². The van der Waals surface area contributed by atoms with Crippen LogP contribution in [0.25, 0.3) is 0 Å². The van der Waals surface area contributed by atoms with E-state index in [0.717, 1.165) is 9.39 Å². The number of hydrogen-bond donors (Lipinski definition) is 1. The molecule has 0 aliphatic rings. The Hall–Kier alpha value is 0.567. The molecule has 0 atom stereocenters. The average molecular weight is 108 g/mol. The highest BCUT2D eigenvalue weighted by Gasteiger charge is 1.35. The molecule has 34 valence electrons. The molecule has 0 nitrogen and oxygen atoms in total. The molecule has 0 bridgehead atoms. The van der Waals surface area contributed by atoms with Crippen LogP contribution >= 0.6 is 12.1 Å². The second-order valence-corrected chi connectivity index (χ2v) is 0.707. The molecule has 0 aliphatic carbocycles. The third kappa shape index (κ3) is 93.6. The van der Waals surface area contributed by atoms with Gasteiger partial charge in [-0.1, -0.05) is 20.3 Å².